The fourth-order valence-corrected chi connectivity index (χ4v) is 2.46. The van der Waals surface area contributed by atoms with E-state index in [1.807, 2.05) is 31.2 Å². The van der Waals surface area contributed by atoms with Crippen molar-refractivity contribution in [1.29, 1.82) is 0 Å². The summed E-state index contributed by atoms with van der Waals surface area (Å²) in [7, 11) is 0. The zero-order valence-electron chi connectivity index (χ0n) is 14.9. The first-order valence-corrected chi connectivity index (χ1v) is 8.29. The number of hydrogen-bond acceptors (Lipinski definition) is 5. The second-order valence-electron chi connectivity index (χ2n) is 6.58. The predicted octanol–water partition coefficient (Wildman–Crippen LogP) is 3.79. The topological polar surface area (TPSA) is 61.8 Å². The minimum Gasteiger partial charge on any atom is -0.489 e. The summed E-state index contributed by atoms with van der Waals surface area (Å²) in [5.41, 5.74) is 2.83. The van der Waals surface area contributed by atoms with Gasteiger partial charge >= 0.3 is 11.9 Å². The monoisotopic (exact) mass is 352 g/mol. The van der Waals surface area contributed by atoms with E-state index >= 15 is 0 Å². The van der Waals surface area contributed by atoms with Gasteiger partial charge in [0.1, 0.15) is 17.9 Å². The maximum atomic E-state index is 12.0. The number of benzene rings is 2. The van der Waals surface area contributed by atoms with Gasteiger partial charge in [0, 0.05) is 13.8 Å². The van der Waals surface area contributed by atoms with Crippen molar-refractivity contribution in [2.45, 2.75) is 33.2 Å². The first kappa shape index (κ1) is 17.7. The van der Waals surface area contributed by atoms with Crippen molar-refractivity contribution in [2.24, 2.45) is 0 Å². The lowest BCUT2D eigenvalue weighted by atomic mass is 10.1. The van der Waals surface area contributed by atoms with Gasteiger partial charge in [-0.2, -0.15) is 0 Å². The van der Waals surface area contributed by atoms with E-state index in [2.05, 4.69) is 0 Å². The second-order valence-corrected chi connectivity index (χ2v) is 6.58. The Hall–Kier alpha value is -3.08. The van der Waals surface area contributed by atoms with Crippen LogP contribution in [0.4, 0.5) is 0 Å². The molecule has 0 unspecified atom stereocenters. The molecule has 2 aromatic rings. The van der Waals surface area contributed by atoms with Gasteiger partial charge in [-0.15, -0.1) is 0 Å². The Morgan fingerprint density at radius 3 is 2.08 bits per heavy atom. The summed E-state index contributed by atoms with van der Waals surface area (Å²) in [6, 6.07) is 15.2. The molecule has 1 saturated heterocycles. The molecular formula is C21H20O5. The molecule has 0 atom stereocenters. The van der Waals surface area contributed by atoms with Crippen LogP contribution in [0.15, 0.2) is 54.1 Å². The lowest BCUT2D eigenvalue weighted by Crippen LogP contribution is -2.41. The Morgan fingerprint density at radius 1 is 0.923 bits per heavy atom. The molecule has 0 N–H and O–H groups in total. The van der Waals surface area contributed by atoms with Crippen molar-refractivity contribution in [1.82, 2.24) is 0 Å². The van der Waals surface area contributed by atoms with E-state index in [1.54, 1.807) is 24.3 Å². The van der Waals surface area contributed by atoms with Crippen LogP contribution in [-0.4, -0.2) is 17.7 Å². The second kappa shape index (κ2) is 7.04. The number of carbonyl (C=O) groups excluding carboxylic acids is 2. The van der Waals surface area contributed by atoms with Crippen LogP contribution in [0.5, 0.6) is 5.75 Å². The minimum absolute atomic E-state index is 0.127. The molecule has 0 aromatic heterocycles. The summed E-state index contributed by atoms with van der Waals surface area (Å²) in [5, 5.41) is 0. The zero-order valence-corrected chi connectivity index (χ0v) is 14.9. The Labute approximate surface area is 152 Å². The SMILES string of the molecule is Cc1ccc(COc2ccc(C=C3C(=O)OC(C)(C)OC3=O)cc2)cc1. The maximum Gasteiger partial charge on any atom is 0.348 e. The van der Waals surface area contributed by atoms with Crippen LogP contribution in [0.1, 0.15) is 30.5 Å². The van der Waals surface area contributed by atoms with E-state index in [9.17, 15) is 9.59 Å². The molecule has 5 nitrogen and oxygen atoms in total. The molecule has 0 aliphatic carbocycles. The molecule has 2 aromatic carbocycles. The van der Waals surface area contributed by atoms with E-state index in [0.29, 0.717) is 17.9 Å². The summed E-state index contributed by atoms with van der Waals surface area (Å²) in [5.74, 6) is -1.92. The molecule has 0 radical (unpaired) electrons. The van der Waals surface area contributed by atoms with Gasteiger partial charge in [0.05, 0.1) is 0 Å². The molecule has 134 valence electrons. The van der Waals surface area contributed by atoms with E-state index in [4.69, 9.17) is 14.2 Å². The van der Waals surface area contributed by atoms with Crippen molar-refractivity contribution in [2.75, 3.05) is 0 Å². The van der Waals surface area contributed by atoms with Gasteiger partial charge in [0.25, 0.3) is 5.79 Å². The number of rotatable bonds is 4. The van der Waals surface area contributed by atoms with Crippen molar-refractivity contribution in [3.05, 3.63) is 70.8 Å². The largest absolute Gasteiger partial charge is 0.489 e. The molecule has 0 saturated carbocycles. The van der Waals surface area contributed by atoms with Crippen LogP contribution in [0.3, 0.4) is 0 Å². The van der Waals surface area contributed by atoms with Crippen LogP contribution < -0.4 is 4.74 Å². The van der Waals surface area contributed by atoms with Crippen molar-refractivity contribution < 1.29 is 23.8 Å². The van der Waals surface area contributed by atoms with Gasteiger partial charge < -0.3 is 14.2 Å². The summed E-state index contributed by atoms with van der Waals surface area (Å²) in [6.45, 7) is 5.53. The van der Waals surface area contributed by atoms with Gasteiger partial charge in [-0.1, -0.05) is 42.0 Å². The lowest BCUT2D eigenvalue weighted by Gasteiger charge is -2.29. The smallest absolute Gasteiger partial charge is 0.348 e. The normalized spacial score (nSPS) is 15.9. The van der Waals surface area contributed by atoms with Gasteiger partial charge in [-0.05, 0) is 36.3 Å². The van der Waals surface area contributed by atoms with Gasteiger partial charge in [0.15, 0.2) is 0 Å². The van der Waals surface area contributed by atoms with Crippen molar-refractivity contribution in [3.8, 4) is 5.75 Å². The third-order valence-electron chi connectivity index (χ3n) is 3.83. The van der Waals surface area contributed by atoms with Crippen LogP contribution in [0, 0.1) is 6.92 Å². The van der Waals surface area contributed by atoms with Crippen molar-refractivity contribution >= 4 is 18.0 Å². The highest BCUT2D eigenvalue weighted by molar-refractivity contribution is 6.18. The molecule has 0 amide bonds. The third-order valence-corrected chi connectivity index (χ3v) is 3.83. The highest BCUT2D eigenvalue weighted by atomic mass is 16.7. The third kappa shape index (κ3) is 4.30. The number of hydrogen-bond donors (Lipinski definition) is 0. The fraction of sp³-hybridized carbons (Fsp3) is 0.238. The summed E-state index contributed by atoms with van der Waals surface area (Å²) in [6.07, 6.45) is 1.45. The highest BCUT2D eigenvalue weighted by Crippen LogP contribution is 2.24. The van der Waals surface area contributed by atoms with Crippen molar-refractivity contribution in [3.63, 3.8) is 0 Å². The Morgan fingerprint density at radius 2 is 1.50 bits per heavy atom. The lowest BCUT2D eigenvalue weighted by molar-refractivity contribution is -0.222. The van der Waals surface area contributed by atoms with Gasteiger partial charge in [0.2, 0.25) is 0 Å². The number of cyclic esters (lactones) is 2. The molecule has 1 fully saturated rings. The van der Waals surface area contributed by atoms with Gasteiger partial charge in [-0.25, -0.2) is 9.59 Å². The minimum atomic E-state index is -1.24. The Kier molecular flexibility index (Phi) is 4.80. The number of esters is 2. The van der Waals surface area contributed by atoms with E-state index < -0.39 is 17.7 Å². The summed E-state index contributed by atoms with van der Waals surface area (Å²) >= 11 is 0. The number of ether oxygens (including phenoxy) is 3. The Balaban J connectivity index is 1.66. The van der Waals surface area contributed by atoms with Crippen LogP contribution in [-0.2, 0) is 25.7 Å². The predicted molar refractivity (Wildman–Crippen MR) is 96.2 cm³/mol. The number of aryl methyl sites for hydroxylation is 1. The molecule has 1 aliphatic heterocycles. The Bertz CT molecular complexity index is 823. The molecule has 0 bridgehead atoms. The maximum absolute atomic E-state index is 12.0. The van der Waals surface area contributed by atoms with Crippen LogP contribution >= 0.6 is 0 Å². The van der Waals surface area contributed by atoms with E-state index in [-0.39, 0.29) is 5.57 Å². The zero-order chi connectivity index (χ0) is 18.7. The molecule has 3 rings (SSSR count). The average Bonchev–Trinajstić information content (AvgIpc) is 2.58. The summed E-state index contributed by atoms with van der Waals surface area (Å²) in [4.78, 5) is 23.9. The summed E-state index contributed by atoms with van der Waals surface area (Å²) < 4.78 is 15.9. The van der Waals surface area contributed by atoms with Crippen LogP contribution in [0.2, 0.25) is 0 Å². The first-order valence-electron chi connectivity index (χ1n) is 8.29. The van der Waals surface area contributed by atoms with Crippen LogP contribution in [0.25, 0.3) is 6.08 Å². The average molecular weight is 352 g/mol. The molecule has 1 heterocycles. The van der Waals surface area contributed by atoms with E-state index in [0.717, 1.165) is 5.56 Å². The van der Waals surface area contributed by atoms with E-state index in [1.165, 1.54) is 25.5 Å². The number of carbonyl (C=O) groups is 2. The van der Waals surface area contributed by atoms with Gasteiger partial charge in [-0.3, -0.25) is 0 Å². The molecule has 26 heavy (non-hydrogen) atoms. The quantitative estimate of drug-likeness (QED) is 0.476. The highest BCUT2D eigenvalue weighted by Gasteiger charge is 2.38. The molecular weight excluding hydrogens is 332 g/mol. The fourth-order valence-electron chi connectivity index (χ4n) is 2.46. The first-order chi connectivity index (χ1) is 12.3. The molecule has 5 heteroatoms. The molecule has 0 spiro atoms. The molecule has 1 aliphatic rings. The standard InChI is InChI=1S/C21H20O5/c1-14-4-6-16(7-5-14)13-24-17-10-8-15(9-11-17)12-18-19(22)25-21(2,3)26-20(18)23/h4-12H,13H2,1-3H3.